The van der Waals surface area contributed by atoms with Crippen LogP contribution in [0.3, 0.4) is 0 Å². The number of aliphatic hydroxyl groups excluding tert-OH is 1. The molecular formula is C22H24N4O2. The Bertz CT molecular complexity index is 997. The van der Waals surface area contributed by atoms with Crippen molar-refractivity contribution in [1.82, 2.24) is 19.9 Å². The molecule has 144 valence electrons. The van der Waals surface area contributed by atoms with E-state index in [-0.39, 0.29) is 18.3 Å². The minimum Gasteiger partial charge on any atom is -0.392 e. The van der Waals surface area contributed by atoms with Crippen molar-refractivity contribution >= 4 is 16.7 Å². The number of pyridine rings is 3. The van der Waals surface area contributed by atoms with Crippen LogP contribution in [0.4, 0.5) is 0 Å². The van der Waals surface area contributed by atoms with Crippen LogP contribution in [-0.4, -0.2) is 50.9 Å². The smallest absolute Gasteiger partial charge is 0.142 e. The van der Waals surface area contributed by atoms with E-state index in [2.05, 4.69) is 21.9 Å². The number of piperidine rings is 1. The van der Waals surface area contributed by atoms with Gasteiger partial charge in [0.1, 0.15) is 5.78 Å². The van der Waals surface area contributed by atoms with E-state index >= 15 is 0 Å². The van der Waals surface area contributed by atoms with Crippen molar-refractivity contribution < 1.29 is 9.90 Å². The van der Waals surface area contributed by atoms with Crippen LogP contribution in [0.5, 0.6) is 0 Å². The zero-order valence-electron chi connectivity index (χ0n) is 16.0. The van der Waals surface area contributed by atoms with Gasteiger partial charge in [0.2, 0.25) is 0 Å². The number of Topliss-reactive ketones (excluding diaryl/α,β-unsaturated/α-hetero) is 1. The van der Waals surface area contributed by atoms with Crippen LogP contribution in [0.15, 0.2) is 42.9 Å². The number of carbonyl (C=O) groups is 1. The highest BCUT2D eigenvalue weighted by Gasteiger charge is 2.23. The van der Waals surface area contributed by atoms with Crippen molar-refractivity contribution in [3.63, 3.8) is 0 Å². The van der Waals surface area contributed by atoms with Gasteiger partial charge in [-0.25, -0.2) is 4.98 Å². The number of hydrogen-bond acceptors (Lipinski definition) is 6. The number of nitrogens with zero attached hydrogens (tertiary/aromatic N) is 4. The Morgan fingerprint density at radius 2 is 2.00 bits per heavy atom. The molecule has 1 saturated heterocycles. The molecule has 0 radical (unpaired) electrons. The summed E-state index contributed by atoms with van der Waals surface area (Å²) in [5, 5.41) is 10.3. The third-order valence-electron chi connectivity index (χ3n) is 5.43. The molecule has 0 unspecified atom stereocenters. The van der Waals surface area contributed by atoms with Crippen LogP contribution in [-0.2, 0) is 17.8 Å². The zero-order chi connectivity index (χ0) is 19.5. The van der Waals surface area contributed by atoms with E-state index in [4.69, 9.17) is 4.98 Å². The van der Waals surface area contributed by atoms with Crippen LogP contribution >= 0.6 is 0 Å². The summed E-state index contributed by atoms with van der Waals surface area (Å²) in [7, 11) is 2.10. The van der Waals surface area contributed by atoms with Crippen molar-refractivity contribution in [1.29, 1.82) is 0 Å². The fourth-order valence-electron chi connectivity index (χ4n) is 3.68. The number of hydrogen-bond donors (Lipinski definition) is 1. The number of ketones is 1. The minimum absolute atomic E-state index is 0.0540. The Hall–Kier alpha value is -2.70. The summed E-state index contributed by atoms with van der Waals surface area (Å²) in [5.41, 5.74) is 3.97. The first kappa shape index (κ1) is 18.7. The maximum absolute atomic E-state index is 12.7. The average molecular weight is 376 g/mol. The predicted molar refractivity (Wildman–Crippen MR) is 108 cm³/mol. The van der Waals surface area contributed by atoms with Crippen LogP contribution in [0, 0.1) is 5.92 Å². The van der Waals surface area contributed by atoms with Gasteiger partial charge in [-0.1, -0.05) is 0 Å². The second kappa shape index (κ2) is 8.12. The number of rotatable bonds is 5. The van der Waals surface area contributed by atoms with Gasteiger partial charge in [-0.2, -0.15) is 0 Å². The molecule has 4 rings (SSSR count). The van der Waals surface area contributed by atoms with E-state index in [0.717, 1.165) is 59.3 Å². The molecule has 1 aliphatic rings. The van der Waals surface area contributed by atoms with Gasteiger partial charge in [-0.05, 0) is 62.8 Å². The summed E-state index contributed by atoms with van der Waals surface area (Å²) in [6.45, 7) is 1.91. The monoisotopic (exact) mass is 376 g/mol. The lowest BCUT2D eigenvalue weighted by molar-refractivity contribution is -0.123. The van der Waals surface area contributed by atoms with E-state index in [1.54, 1.807) is 18.6 Å². The van der Waals surface area contributed by atoms with E-state index < -0.39 is 0 Å². The molecular weight excluding hydrogens is 352 g/mol. The third kappa shape index (κ3) is 4.08. The molecule has 3 aromatic rings. The molecule has 0 atom stereocenters. The van der Waals surface area contributed by atoms with Crippen LogP contribution < -0.4 is 0 Å². The normalized spacial score (nSPS) is 15.8. The fourth-order valence-corrected chi connectivity index (χ4v) is 3.68. The SMILES string of the molecule is CN1CCC(C(=O)Cc2cc3nc(-c4cncc(CO)c4)ccc3cn2)CC1. The Kier molecular flexibility index (Phi) is 5.41. The topological polar surface area (TPSA) is 79.2 Å². The molecule has 0 aliphatic carbocycles. The minimum atomic E-state index is -0.0540. The fraction of sp³-hybridized carbons (Fsp3) is 0.364. The standard InChI is InChI=1S/C22H24N4O2/c1-26-6-4-16(5-7-26)22(28)10-19-9-21-17(13-24-19)2-3-20(25-21)18-8-15(14-27)11-23-12-18/h2-3,8-9,11-13,16,27H,4-7,10,14H2,1H3. The number of likely N-dealkylation sites (tertiary alicyclic amines) is 1. The summed E-state index contributed by atoms with van der Waals surface area (Å²) < 4.78 is 0. The highest BCUT2D eigenvalue weighted by atomic mass is 16.3. The summed E-state index contributed by atoms with van der Waals surface area (Å²) >= 11 is 0. The number of fused-ring (bicyclic) bond motifs is 1. The van der Waals surface area contributed by atoms with Gasteiger partial charge in [0.05, 0.1) is 17.8 Å². The Morgan fingerprint density at radius 1 is 1.18 bits per heavy atom. The van der Waals surface area contributed by atoms with Crippen LogP contribution in [0.2, 0.25) is 0 Å². The van der Waals surface area contributed by atoms with Gasteiger partial charge in [-0.3, -0.25) is 14.8 Å². The van der Waals surface area contributed by atoms with Gasteiger partial charge in [-0.15, -0.1) is 0 Å². The van der Waals surface area contributed by atoms with Gasteiger partial charge in [0.15, 0.2) is 0 Å². The molecule has 6 heteroatoms. The van der Waals surface area contributed by atoms with E-state index in [0.29, 0.717) is 6.42 Å². The lowest BCUT2D eigenvalue weighted by Crippen LogP contribution is -2.34. The number of carbonyl (C=O) groups excluding carboxylic acids is 1. The Labute approximate surface area is 164 Å². The van der Waals surface area contributed by atoms with Gasteiger partial charge < -0.3 is 10.0 Å². The largest absolute Gasteiger partial charge is 0.392 e. The van der Waals surface area contributed by atoms with Gasteiger partial charge in [0.25, 0.3) is 0 Å². The average Bonchev–Trinajstić information content (AvgIpc) is 2.73. The van der Waals surface area contributed by atoms with Crippen molar-refractivity contribution in [2.75, 3.05) is 20.1 Å². The van der Waals surface area contributed by atoms with Gasteiger partial charge >= 0.3 is 0 Å². The Morgan fingerprint density at radius 3 is 2.79 bits per heavy atom. The lowest BCUT2D eigenvalue weighted by Gasteiger charge is -2.27. The van der Waals surface area contributed by atoms with Crippen molar-refractivity contribution in [3.8, 4) is 11.3 Å². The van der Waals surface area contributed by atoms with Crippen LogP contribution in [0.25, 0.3) is 22.2 Å². The predicted octanol–water partition coefficient (Wildman–Crippen LogP) is 2.64. The second-order valence-electron chi connectivity index (χ2n) is 7.53. The van der Waals surface area contributed by atoms with Crippen molar-refractivity contribution in [2.24, 2.45) is 5.92 Å². The molecule has 0 amide bonds. The second-order valence-corrected chi connectivity index (χ2v) is 7.53. The van der Waals surface area contributed by atoms with E-state index in [1.807, 2.05) is 24.3 Å². The first-order chi connectivity index (χ1) is 13.6. The summed E-state index contributed by atoms with van der Waals surface area (Å²) in [6, 6.07) is 7.69. The summed E-state index contributed by atoms with van der Waals surface area (Å²) in [5.74, 6) is 0.413. The summed E-state index contributed by atoms with van der Waals surface area (Å²) in [6.07, 6.45) is 7.38. The number of aliphatic hydroxyl groups is 1. The highest BCUT2D eigenvalue weighted by Crippen LogP contribution is 2.23. The van der Waals surface area contributed by atoms with Crippen LogP contribution in [0.1, 0.15) is 24.1 Å². The van der Waals surface area contributed by atoms with Crippen molar-refractivity contribution in [2.45, 2.75) is 25.9 Å². The molecule has 28 heavy (non-hydrogen) atoms. The summed E-state index contributed by atoms with van der Waals surface area (Å²) in [4.78, 5) is 28.3. The molecule has 0 aromatic carbocycles. The molecule has 1 N–H and O–H groups in total. The first-order valence-corrected chi connectivity index (χ1v) is 9.64. The number of aromatic nitrogens is 3. The molecule has 4 heterocycles. The maximum atomic E-state index is 12.7. The zero-order valence-corrected chi connectivity index (χ0v) is 16.0. The molecule has 1 aliphatic heterocycles. The molecule has 0 saturated carbocycles. The van der Waals surface area contributed by atoms with E-state index in [9.17, 15) is 9.90 Å². The quantitative estimate of drug-likeness (QED) is 0.737. The Balaban J connectivity index is 1.56. The molecule has 0 bridgehead atoms. The molecule has 3 aromatic heterocycles. The maximum Gasteiger partial charge on any atom is 0.142 e. The lowest BCUT2D eigenvalue weighted by atomic mass is 9.90. The highest BCUT2D eigenvalue weighted by molar-refractivity contribution is 5.85. The molecule has 0 spiro atoms. The molecule has 6 nitrogen and oxygen atoms in total. The van der Waals surface area contributed by atoms with E-state index in [1.165, 1.54) is 0 Å². The third-order valence-corrected chi connectivity index (χ3v) is 5.43. The van der Waals surface area contributed by atoms with Crippen molar-refractivity contribution in [3.05, 3.63) is 54.1 Å². The first-order valence-electron chi connectivity index (χ1n) is 9.64. The molecule has 1 fully saturated rings. The van der Waals surface area contributed by atoms with Gasteiger partial charge in [0, 0.05) is 47.6 Å².